The number of fused-ring (bicyclic) bond motifs is 1. The van der Waals surface area contributed by atoms with Crippen LogP contribution in [0.5, 0.6) is 0 Å². The van der Waals surface area contributed by atoms with E-state index in [2.05, 4.69) is 13.8 Å². The van der Waals surface area contributed by atoms with E-state index in [0.717, 1.165) is 36.7 Å². The number of ether oxygens (including phenoxy) is 1. The van der Waals surface area contributed by atoms with Gasteiger partial charge in [0.1, 0.15) is 0 Å². The molecule has 0 unspecified atom stereocenters. The molecule has 0 radical (unpaired) electrons. The largest absolute Gasteiger partial charge is 0.465 e. The number of aryl methyl sites for hydroxylation is 1. The summed E-state index contributed by atoms with van der Waals surface area (Å²) in [6.45, 7) is 6.96. The van der Waals surface area contributed by atoms with Crippen LogP contribution in [0.1, 0.15) is 50.1 Å². The number of benzene rings is 1. The highest BCUT2D eigenvalue weighted by atomic mass is 16.5. The Morgan fingerprint density at radius 2 is 2.06 bits per heavy atom. The van der Waals surface area contributed by atoms with Crippen LogP contribution in [0.4, 0.5) is 4.79 Å². The maximum Gasteiger partial charge on any atom is 0.407 e. The number of para-hydroxylation sites is 2. The van der Waals surface area contributed by atoms with E-state index in [1.165, 1.54) is 4.90 Å². The van der Waals surface area contributed by atoms with Gasteiger partial charge in [0.25, 0.3) is 5.91 Å². The zero-order chi connectivity index (χ0) is 22.4. The van der Waals surface area contributed by atoms with Crippen LogP contribution in [0.3, 0.4) is 0 Å². The molecular formula is C23H34N4O4. The molecule has 170 valence electrons. The van der Waals surface area contributed by atoms with E-state index in [9.17, 15) is 14.7 Å². The molecule has 1 aliphatic heterocycles. The van der Waals surface area contributed by atoms with Crippen LogP contribution in [-0.4, -0.2) is 75.9 Å². The van der Waals surface area contributed by atoms with Crippen molar-refractivity contribution in [3.63, 3.8) is 0 Å². The van der Waals surface area contributed by atoms with Crippen molar-refractivity contribution in [3.05, 3.63) is 30.1 Å². The first-order chi connectivity index (χ1) is 14.9. The van der Waals surface area contributed by atoms with Crippen LogP contribution in [0.25, 0.3) is 11.0 Å². The molecular weight excluding hydrogens is 396 g/mol. The maximum absolute atomic E-state index is 13.8. The number of rotatable bonds is 9. The van der Waals surface area contributed by atoms with Crippen molar-refractivity contribution >= 4 is 23.0 Å². The van der Waals surface area contributed by atoms with Gasteiger partial charge in [0.05, 0.1) is 11.0 Å². The lowest BCUT2D eigenvalue weighted by atomic mass is 10.0. The Morgan fingerprint density at radius 3 is 2.77 bits per heavy atom. The van der Waals surface area contributed by atoms with Crippen LogP contribution in [0.15, 0.2) is 24.3 Å². The third-order valence-electron chi connectivity index (χ3n) is 5.76. The third kappa shape index (κ3) is 5.55. The molecule has 2 amide bonds. The van der Waals surface area contributed by atoms with E-state index in [0.29, 0.717) is 38.6 Å². The van der Waals surface area contributed by atoms with Gasteiger partial charge in [-0.15, -0.1) is 0 Å². The van der Waals surface area contributed by atoms with E-state index in [4.69, 9.17) is 9.72 Å². The molecule has 31 heavy (non-hydrogen) atoms. The molecule has 0 spiro atoms. The number of methoxy groups -OCH3 is 1. The van der Waals surface area contributed by atoms with Gasteiger partial charge in [0.15, 0.2) is 5.82 Å². The van der Waals surface area contributed by atoms with Crippen LogP contribution < -0.4 is 0 Å². The van der Waals surface area contributed by atoms with E-state index in [1.807, 2.05) is 33.7 Å². The van der Waals surface area contributed by atoms with Gasteiger partial charge in [-0.25, -0.2) is 9.78 Å². The number of carbonyl (C=O) groups is 2. The van der Waals surface area contributed by atoms with E-state index in [1.54, 1.807) is 7.11 Å². The smallest absolute Gasteiger partial charge is 0.407 e. The average molecular weight is 431 g/mol. The van der Waals surface area contributed by atoms with Gasteiger partial charge < -0.3 is 24.2 Å². The number of nitrogens with zero attached hydrogens (tertiary/aromatic N) is 4. The number of piperidine rings is 1. The molecule has 0 bridgehead atoms. The molecule has 1 aromatic carbocycles. The Bertz CT molecular complexity index is 895. The molecule has 1 saturated heterocycles. The molecule has 1 aromatic heterocycles. The summed E-state index contributed by atoms with van der Waals surface area (Å²) in [5, 5.41) is 9.45. The summed E-state index contributed by atoms with van der Waals surface area (Å²) < 4.78 is 7.18. The fourth-order valence-corrected chi connectivity index (χ4v) is 4.28. The van der Waals surface area contributed by atoms with Crippen LogP contribution in [0, 0.1) is 5.92 Å². The first kappa shape index (κ1) is 23.1. The minimum atomic E-state index is -0.924. The lowest BCUT2D eigenvalue weighted by Gasteiger charge is -2.39. The van der Waals surface area contributed by atoms with Crippen LogP contribution in [0.2, 0.25) is 0 Å². The lowest BCUT2D eigenvalue weighted by molar-refractivity contribution is 0.0489. The number of imidazole rings is 1. The van der Waals surface area contributed by atoms with Crippen molar-refractivity contribution in [3.8, 4) is 0 Å². The summed E-state index contributed by atoms with van der Waals surface area (Å²) in [6.07, 6.45) is 2.42. The van der Waals surface area contributed by atoms with Crippen LogP contribution in [-0.2, 0) is 11.3 Å². The summed E-state index contributed by atoms with van der Waals surface area (Å²) in [5.74, 6) is 0.587. The number of hydrogen-bond acceptors (Lipinski definition) is 4. The maximum atomic E-state index is 13.8. The van der Waals surface area contributed by atoms with Gasteiger partial charge in [-0.2, -0.15) is 0 Å². The minimum absolute atomic E-state index is 0.117. The van der Waals surface area contributed by atoms with Crippen LogP contribution >= 0.6 is 0 Å². The number of carbonyl (C=O) groups excluding carboxylic acids is 1. The van der Waals surface area contributed by atoms with Crippen molar-refractivity contribution in [2.45, 2.75) is 52.1 Å². The molecule has 1 N–H and O–H groups in total. The summed E-state index contributed by atoms with van der Waals surface area (Å²) >= 11 is 0. The number of aromatic nitrogens is 2. The third-order valence-corrected chi connectivity index (χ3v) is 5.76. The standard InChI is InChI=1S/C23H34N4O4/c1-17(2)15-27(18-9-8-12-25(16-18)23(29)30)22(28)21-24-19-10-4-5-11-20(19)26(21)13-6-7-14-31-3/h4-5,10-11,17-18H,6-9,12-16H2,1-3H3,(H,29,30)/t18-/m0/s1. The normalized spacial score (nSPS) is 16.8. The van der Waals surface area contributed by atoms with Gasteiger partial charge in [0.2, 0.25) is 0 Å². The molecule has 0 saturated carbocycles. The summed E-state index contributed by atoms with van der Waals surface area (Å²) in [4.78, 5) is 33.3. The van der Waals surface area contributed by atoms with Crippen molar-refractivity contribution in [1.82, 2.24) is 19.4 Å². The Kier molecular flexibility index (Phi) is 7.90. The monoisotopic (exact) mass is 430 g/mol. The topological polar surface area (TPSA) is 87.9 Å². The molecule has 3 rings (SSSR count). The Balaban J connectivity index is 1.92. The van der Waals surface area contributed by atoms with Crippen molar-refractivity contribution < 1.29 is 19.4 Å². The van der Waals surface area contributed by atoms with Crippen molar-refractivity contribution in [2.75, 3.05) is 33.4 Å². The van der Waals surface area contributed by atoms with E-state index in [-0.39, 0.29) is 17.9 Å². The van der Waals surface area contributed by atoms with Crippen molar-refractivity contribution in [2.24, 2.45) is 5.92 Å². The fourth-order valence-electron chi connectivity index (χ4n) is 4.28. The second kappa shape index (κ2) is 10.6. The molecule has 0 aliphatic carbocycles. The molecule has 1 atom stereocenters. The highest BCUT2D eigenvalue weighted by Gasteiger charge is 2.33. The molecule has 1 aliphatic rings. The van der Waals surface area contributed by atoms with Gasteiger partial charge in [-0.1, -0.05) is 26.0 Å². The van der Waals surface area contributed by atoms with E-state index >= 15 is 0 Å². The second-order valence-electron chi connectivity index (χ2n) is 8.65. The Labute approximate surface area is 183 Å². The summed E-state index contributed by atoms with van der Waals surface area (Å²) in [7, 11) is 1.69. The predicted octanol–water partition coefficient (Wildman–Crippen LogP) is 3.70. The van der Waals surface area contributed by atoms with Gasteiger partial charge in [-0.3, -0.25) is 4.79 Å². The minimum Gasteiger partial charge on any atom is -0.465 e. The highest BCUT2D eigenvalue weighted by Crippen LogP contribution is 2.23. The van der Waals surface area contributed by atoms with Gasteiger partial charge in [0, 0.05) is 45.9 Å². The SMILES string of the molecule is COCCCCn1c(C(=O)N(CC(C)C)[C@H]2CCCN(C(=O)O)C2)nc2ccccc21. The number of carboxylic acid groups (broad SMARTS) is 1. The quantitative estimate of drug-likeness (QED) is 0.613. The molecule has 1 fully saturated rings. The van der Waals surface area contributed by atoms with Gasteiger partial charge >= 0.3 is 6.09 Å². The molecule has 2 heterocycles. The summed E-state index contributed by atoms with van der Waals surface area (Å²) in [6, 6.07) is 7.67. The first-order valence-corrected chi connectivity index (χ1v) is 11.2. The molecule has 8 heteroatoms. The second-order valence-corrected chi connectivity index (χ2v) is 8.65. The zero-order valence-electron chi connectivity index (χ0n) is 18.8. The predicted molar refractivity (Wildman–Crippen MR) is 119 cm³/mol. The first-order valence-electron chi connectivity index (χ1n) is 11.2. The fraction of sp³-hybridized carbons (Fsp3) is 0.609. The van der Waals surface area contributed by atoms with Crippen molar-refractivity contribution in [1.29, 1.82) is 0 Å². The lowest BCUT2D eigenvalue weighted by Crippen LogP contribution is -2.52. The molecule has 2 aromatic rings. The van der Waals surface area contributed by atoms with E-state index < -0.39 is 6.09 Å². The van der Waals surface area contributed by atoms with Gasteiger partial charge in [-0.05, 0) is 43.7 Å². The number of unbranched alkanes of at least 4 members (excludes halogenated alkanes) is 1. The Hall–Kier alpha value is -2.61. The number of likely N-dealkylation sites (tertiary alicyclic amines) is 1. The highest BCUT2D eigenvalue weighted by molar-refractivity contribution is 5.95. The zero-order valence-corrected chi connectivity index (χ0v) is 18.8. The Morgan fingerprint density at radius 1 is 1.29 bits per heavy atom. The number of amides is 2. The number of hydrogen-bond donors (Lipinski definition) is 1. The molecule has 8 nitrogen and oxygen atoms in total. The summed E-state index contributed by atoms with van der Waals surface area (Å²) in [5.41, 5.74) is 1.75. The average Bonchev–Trinajstić information content (AvgIpc) is 3.13.